The molecule has 3 aromatic rings. The molecule has 38 heavy (non-hydrogen) atoms. The van der Waals surface area contributed by atoms with E-state index in [1.54, 1.807) is 13.2 Å². The zero-order chi connectivity index (χ0) is 27.2. The van der Waals surface area contributed by atoms with Crippen molar-refractivity contribution in [3.05, 3.63) is 60.4 Å². The van der Waals surface area contributed by atoms with Gasteiger partial charge in [0.25, 0.3) is 17.5 Å². The first-order chi connectivity index (χ1) is 18.1. The lowest BCUT2D eigenvalue weighted by atomic mass is 9.87. The quantitative estimate of drug-likeness (QED) is 0.265. The van der Waals surface area contributed by atoms with Gasteiger partial charge in [0.05, 0.1) is 26.9 Å². The molecule has 0 unspecified atom stereocenters. The third-order valence-electron chi connectivity index (χ3n) is 6.08. The molecule has 1 saturated heterocycles. The van der Waals surface area contributed by atoms with Crippen molar-refractivity contribution in [2.24, 2.45) is 5.41 Å². The SMILES string of the molecule is COc1cccc(Oc2c(OCCCC3OCC(C)(C)CO3)ncnc2Oc2ccc(C(C)(C)C)cc2)c1. The van der Waals surface area contributed by atoms with Gasteiger partial charge in [-0.3, -0.25) is 0 Å². The lowest BCUT2D eigenvalue weighted by Gasteiger charge is -2.34. The smallest absolute Gasteiger partial charge is 0.270 e. The molecule has 0 atom stereocenters. The summed E-state index contributed by atoms with van der Waals surface area (Å²) in [6.45, 7) is 12.5. The van der Waals surface area contributed by atoms with Crippen molar-refractivity contribution >= 4 is 0 Å². The molecule has 0 N–H and O–H groups in total. The second kappa shape index (κ2) is 12.0. The van der Waals surface area contributed by atoms with Crippen molar-refractivity contribution in [3.8, 4) is 34.8 Å². The highest BCUT2D eigenvalue weighted by Gasteiger charge is 2.28. The maximum atomic E-state index is 6.20. The van der Waals surface area contributed by atoms with E-state index in [0.29, 0.717) is 37.1 Å². The van der Waals surface area contributed by atoms with Crippen LogP contribution in [-0.4, -0.2) is 43.2 Å². The van der Waals surface area contributed by atoms with Crippen LogP contribution in [0.1, 0.15) is 53.0 Å². The van der Waals surface area contributed by atoms with Gasteiger partial charge in [-0.25, -0.2) is 0 Å². The molecule has 0 spiro atoms. The molecule has 0 aliphatic carbocycles. The van der Waals surface area contributed by atoms with Crippen LogP contribution in [0.4, 0.5) is 0 Å². The Bertz CT molecular complexity index is 1180. The summed E-state index contributed by atoms with van der Waals surface area (Å²) in [7, 11) is 1.61. The minimum Gasteiger partial charge on any atom is -0.497 e. The molecule has 0 saturated carbocycles. The molecule has 1 aromatic heterocycles. The van der Waals surface area contributed by atoms with E-state index >= 15 is 0 Å². The molecule has 0 radical (unpaired) electrons. The predicted molar refractivity (Wildman–Crippen MR) is 145 cm³/mol. The summed E-state index contributed by atoms with van der Waals surface area (Å²) in [5.74, 6) is 2.67. The molecule has 8 nitrogen and oxygen atoms in total. The van der Waals surface area contributed by atoms with Crippen LogP contribution in [-0.2, 0) is 14.9 Å². The van der Waals surface area contributed by atoms with E-state index in [1.807, 2.05) is 42.5 Å². The highest BCUT2D eigenvalue weighted by Crippen LogP contribution is 2.40. The van der Waals surface area contributed by atoms with Crippen LogP contribution in [0, 0.1) is 5.41 Å². The monoisotopic (exact) mass is 522 g/mol. The second-order valence-electron chi connectivity index (χ2n) is 11.2. The average molecular weight is 523 g/mol. The summed E-state index contributed by atoms with van der Waals surface area (Å²) < 4.78 is 35.4. The van der Waals surface area contributed by atoms with Gasteiger partial charge in [-0.1, -0.05) is 52.8 Å². The Kier molecular flexibility index (Phi) is 8.74. The van der Waals surface area contributed by atoms with Crippen LogP contribution in [0.2, 0.25) is 0 Å². The fourth-order valence-electron chi connectivity index (χ4n) is 3.83. The van der Waals surface area contributed by atoms with Gasteiger partial charge in [0, 0.05) is 17.9 Å². The van der Waals surface area contributed by atoms with Crippen molar-refractivity contribution in [1.29, 1.82) is 0 Å². The minimum atomic E-state index is -0.223. The molecule has 0 bridgehead atoms. The van der Waals surface area contributed by atoms with Crippen LogP contribution < -0.4 is 18.9 Å². The van der Waals surface area contributed by atoms with Gasteiger partial charge in [0.2, 0.25) is 0 Å². The number of hydrogen-bond donors (Lipinski definition) is 0. The largest absolute Gasteiger partial charge is 0.497 e. The van der Waals surface area contributed by atoms with E-state index in [0.717, 1.165) is 12.8 Å². The highest BCUT2D eigenvalue weighted by molar-refractivity contribution is 5.48. The summed E-state index contributed by atoms with van der Waals surface area (Å²) in [6, 6.07) is 15.2. The van der Waals surface area contributed by atoms with Crippen molar-refractivity contribution in [2.75, 3.05) is 26.9 Å². The number of ether oxygens (including phenoxy) is 6. The van der Waals surface area contributed by atoms with Crippen molar-refractivity contribution in [1.82, 2.24) is 9.97 Å². The molecule has 4 rings (SSSR count). The third-order valence-corrected chi connectivity index (χ3v) is 6.08. The molecule has 2 heterocycles. The van der Waals surface area contributed by atoms with E-state index in [4.69, 9.17) is 28.4 Å². The molecule has 204 valence electrons. The Balaban J connectivity index is 1.49. The summed E-state index contributed by atoms with van der Waals surface area (Å²) >= 11 is 0. The zero-order valence-corrected chi connectivity index (χ0v) is 23.2. The van der Waals surface area contributed by atoms with Crippen molar-refractivity contribution in [2.45, 2.75) is 59.2 Å². The van der Waals surface area contributed by atoms with Crippen LogP contribution in [0.5, 0.6) is 34.8 Å². The van der Waals surface area contributed by atoms with Crippen LogP contribution in [0.15, 0.2) is 54.9 Å². The Morgan fingerprint density at radius 1 is 0.895 bits per heavy atom. The Labute approximate surface area is 225 Å². The number of aromatic nitrogens is 2. The first-order valence-corrected chi connectivity index (χ1v) is 12.9. The average Bonchev–Trinajstić information content (AvgIpc) is 2.89. The number of benzene rings is 2. The van der Waals surface area contributed by atoms with E-state index in [9.17, 15) is 0 Å². The van der Waals surface area contributed by atoms with Crippen molar-refractivity contribution in [3.63, 3.8) is 0 Å². The number of hydrogen-bond acceptors (Lipinski definition) is 8. The first kappa shape index (κ1) is 27.7. The molecule has 1 aliphatic heterocycles. The van der Waals surface area contributed by atoms with Gasteiger partial charge in [-0.2, -0.15) is 9.97 Å². The normalized spacial score (nSPS) is 15.6. The van der Waals surface area contributed by atoms with Gasteiger partial charge in [-0.15, -0.1) is 0 Å². The van der Waals surface area contributed by atoms with Gasteiger partial charge < -0.3 is 28.4 Å². The summed E-state index contributed by atoms with van der Waals surface area (Å²) in [5, 5.41) is 0. The lowest BCUT2D eigenvalue weighted by Crippen LogP contribution is -2.37. The molecule has 2 aromatic carbocycles. The summed E-state index contributed by atoms with van der Waals surface area (Å²) in [5.41, 5.74) is 1.29. The summed E-state index contributed by atoms with van der Waals surface area (Å²) in [4.78, 5) is 8.69. The molecule has 1 aliphatic rings. The number of methoxy groups -OCH3 is 1. The van der Waals surface area contributed by atoms with E-state index < -0.39 is 0 Å². The lowest BCUT2D eigenvalue weighted by molar-refractivity contribution is -0.224. The fourth-order valence-corrected chi connectivity index (χ4v) is 3.83. The minimum absolute atomic E-state index is 0.0407. The van der Waals surface area contributed by atoms with E-state index in [1.165, 1.54) is 11.9 Å². The maximum Gasteiger partial charge on any atom is 0.270 e. The van der Waals surface area contributed by atoms with Gasteiger partial charge >= 0.3 is 0 Å². The predicted octanol–water partition coefficient (Wildman–Crippen LogP) is 6.93. The first-order valence-electron chi connectivity index (χ1n) is 12.9. The van der Waals surface area contributed by atoms with Crippen LogP contribution in [0.3, 0.4) is 0 Å². The maximum absolute atomic E-state index is 6.20. The van der Waals surface area contributed by atoms with E-state index in [2.05, 4.69) is 44.6 Å². The summed E-state index contributed by atoms with van der Waals surface area (Å²) in [6.07, 6.45) is 2.62. The van der Waals surface area contributed by atoms with Crippen molar-refractivity contribution < 1.29 is 28.4 Å². The fraction of sp³-hybridized carbons (Fsp3) is 0.467. The Hall–Kier alpha value is -3.36. The van der Waals surface area contributed by atoms with Crippen LogP contribution in [0.25, 0.3) is 0 Å². The molecule has 8 heteroatoms. The molecule has 1 fully saturated rings. The topological polar surface area (TPSA) is 81.2 Å². The molecular formula is C30H38N2O6. The number of rotatable bonds is 10. The standard InChI is InChI=1S/C30H38N2O6/c1-29(2,3)21-12-14-22(15-13-21)38-28-26(37-24-10-7-9-23(17-24)33-6)27(31-20-32-28)34-16-8-11-25-35-18-30(4,5)19-36-25/h7,9-10,12-15,17,20,25H,8,11,16,18-19H2,1-6H3. The van der Waals surface area contributed by atoms with E-state index in [-0.39, 0.29) is 34.6 Å². The Morgan fingerprint density at radius 2 is 1.58 bits per heavy atom. The zero-order valence-electron chi connectivity index (χ0n) is 23.2. The molecular weight excluding hydrogens is 484 g/mol. The van der Waals surface area contributed by atoms with Crippen LogP contribution >= 0.6 is 0 Å². The van der Waals surface area contributed by atoms with Gasteiger partial charge in [0.15, 0.2) is 6.29 Å². The number of nitrogens with zero attached hydrogens (tertiary/aromatic N) is 2. The Morgan fingerprint density at radius 3 is 2.26 bits per heavy atom. The van der Waals surface area contributed by atoms with Gasteiger partial charge in [0.1, 0.15) is 23.6 Å². The van der Waals surface area contributed by atoms with Gasteiger partial charge in [-0.05, 0) is 41.7 Å². The third kappa shape index (κ3) is 7.58. The highest BCUT2D eigenvalue weighted by atomic mass is 16.7. The second-order valence-corrected chi connectivity index (χ2v) is 11.2. The molecule has 0 amide bonds.